The van der Waals surface area contributed by atoms with E-state index in [1.807, 2.05) is 49.8 Å². The number of rotatable bonds is 8. The van der Waals surface area contributed by atoms with Crippen molar-refractivity contribution >= 4 is 23.3 Å². The monoisotopic (exact) mass is 643 g/mol. The zero-order valence-corrected chi connectivity index (χ0v) is 27.9. The van der Waals surface area contributed by atoms with Gasteiger partial charge in [0.2, 0.25) is 0 Å². The van der Waals surface area contributed by atoms with E-state index in [9.17, 15) is 4.79 Å². The molecule has 0 unspecified atom stereocenters. The first-order valence-electron chi connectivity index (χ1n) is 17.1. The highest BCUT2D eigenvalue weighted by Crippen LogP contribution is 2.49. The Morgan fingerprint density at radius 2 is 1.96 bits per heavy atom. The molecule has 3 aromatic rings. The van der Waals surface area contributed by atoms with Crippen LogP contribution in [0.2, 0.25) is 5.02 Å². The van der Waals surface area contributed by atoms with Gasteiger partial charge in [-0.25, -0.2) is 14.8 Å². The van der Waals surface area contributed by atoms with Gasteiger partial charge in [-0.15, -0.1) is 0 Å². The van der Waals surface area contributed by atoms with Gasteiger partial charge in [0.05, 0.1) is 31.1 Å². The number of halogens is 1. The van der Waals surface area contributed by atoms with Crippen LogP contribution in [0.3, 0.4) is 0 Å². The van der Waals surface area contributed by atoms with Crippen molar-refractivity contribution < 1.29 is 19.0 Å². The summed E-state index contributed by atoms with van der Waals surface area (Å²) in [7, 11) is 3.36. The van der Waals surface area contributed by atoms with Gasteiger partial charge in [-0.05, 0) is 123 Å². The molecule has 7 nitrogen and oxygen atoms in total. The standard InChI is InChI=1S/C38H46ClN3O4/c1-44-36(27-7-3-6-25(18-27)19-35-40-16-5-17-41-35)31-12-9-29(31)22-42-23-38(15-4-8-26-20-30(39)11-13-32(26)38)24-46-34-14-10-28(21-33(34)42)37(43)45-2/h5,10-11,13-14,16-17,20-21,25,27,29,31,36H,3-4,6-9,12,15,18-19,22-24H2,1-2H3/t25-,27+,29+,31-,36-,38+/m1/s1. The summed E-state index contributed by atoms with van der Waals surface area (Å²) in [5, 5.41) is 0.789. The Morgan fingerprint density at radius 3 is 2.74 bits per heavy atom. The fraction of sp³-hybridized carbons (Fsp3) is 0.553. The Balaban J connectivity index is 1.15. The van der Waals surface area contributed by atoms with E-state index in [0.717, 1.165) is 61.1 Å². The first-order chi connectivity index (χ1) is 22.5. The Morgan fingerprint density at radius 1 is 1.09 bits per heavy atom. The molecule has 0 bridgehead atoms. The average Bonchev–Trinajstić information content (AvgIpc) is 3.22. The summed E-state index contributed by atoms with van der Waals surface area (Å²) in [5.74, 6) is 3.62. The Hall–Kier alpha value is -3.16. The van der Waals surface area contributed by atoms with Gasteiger partial charge >= 0.3 is 5.97 Å². The summed E-state index contributed by atoms with van der Waals surface area (Å²) >= 11 is 6.46. The lowest BCUT2D eigenvalue weighted by atomic mass is 9.64. The SMILES string of the molecule is COC(=O)c1ccc2c(c1)N(C[C@@H]1CC[C@H]1[C@H](OC)[C@H]1CCC[C@@H](Cc3ncccn3)C1)C[C@@]1(CCCc3cc(Cl)ccc31)CO2. The Kier molecular flexibility index (Phi) is 9.24. The van der Waals surface area contributed by atoms with Crippen molar-refractivity contribution in [2.75, 3.05) is 38.8 Å². The molecule has 0 radical (unpaired) electrons. The molecule has 46 heavy (non-hydrogen) atoms. The maximum Gasteiger partial charge on any atom is 0.337 e. The third-order valence-electron chi connectivity index (χ3n) is 11.5. The largest absolute Gasteiger partial charge is 0.490 e. The normalized spacial score (nSPS) is 27.8. The molecule has 2 aromatic carbocycles. The summed E-state index contributed by atoms with van der Waals surface area (Å²) in [5.41, 5.74) is 4.07. The lowest BCUT2D eigenvalue weighted by Gasteiger charge is -2.48. The molecular weight excluding hydrogens is 598 g/mol. The molecule has 8 heteroatoms. The molecule has 0 saturated heterocycles. The van der Waals surface area contributed by atoms with Crippen molar-refractivity contribution in [3.05, 3.63) is 82.4 Å². The number of ether oxygens (including phenoxy) is 3. The second-order valence-corrected chi connectivity index (χ2v) is 14.6. The number of methoxy groups -OCH3 is 2. The minimum absolute atomic E-state index is 0.154. The van der Waals surface area contributed by atoms with Gasteiger partial charge < -0.3 is 19.1 Å². The number of aryl methyl sites for hydroxylation is 1. The van der Waals surface area contributed by atoms with E-state index >= 15 is 0 Å². The fourth-order valence-corrected chi connectivity index (χ4v) is 9.32. The van der Waals surface area contributed by atoms with Gasteiger partial charge in [0.1, 0.15) is 11.6 Å². The quantitative estimate of drug-likeness (QED) is 0.236. The first-order valence-corrected chi connectivity index (χ1v) is 17.5. The minimum atomic E-state index is -0.326. The molecule has 4 aliphatic rings. The van der Waals surface area contributed by atoms with Crippen LogP contribution in [0.5, 0.6) is 5.75 Å². The molecule has 1 spiro atoms. The van der Waals surface area contributed by atoms with Crippen LogP contribution in [0.4, 0.5) is 5.69 Å². The molecule has 2 saturated carbocycles. The number of hydrogen-bond donors (Lipinski definition) is 0. The molecule has 2 fully saturated rings. The summed E-state index contributed by atoms with van der Waals surface area (Å²) < 4.78 is 18.2. The van der Waals surface area contributed by atoms with Crippen molar-refractivity contribution in [2.24, 2.45) is 23.7 Å². The van der Waals surface area contributed by atoms with Gasteiger partial charge in [0, 0.05) is 49.5 Å². The van der Waals surface area contributed by atoms with Crippen LogP contribution in [-0.4, -0.2) is 56.0 Å². The van der Waals surface area contributed by atoms with Crippen molar-refractivity contribution in [3.63, 3.8) is 0 Å². The number of anilines is 1. The smallest absolute Gasteiger partial charge is 0.337 e. The van der Waals surface area contributed by atoms with E-state index in [-0.39, 0.29) is 17.5 Å². The number of fused-ring (bicyclic) bond motifs is 3. The number of carbonyl (C=O) groups excluding carboxylic acids is 1. The molecule has 0 N–H and O–H groups in total. The fourth-order valence-electron chi connectivity index (χ4n) is 9.12. The van der Waals surface area contributed by atoms with Crippen LogP contribution < -0.4 is 9.64 Å². The minimum Gasteiger partial charge on any atom is -0.490 e. The maximum atomic E-state index is 12.7. The van der Waals surface area contributed by atoms with Crippen molar-refractivity contribution in [3.8, 4) is 5.75 Å². The molecule has 1 aliphatic heterocycles. The third kappa shape index (κ3) is 6.25. The predicted molar refractivity (Wildman–Crippen MR) is 180 cm³/mol. The van der Waals surface area contributed by atoms with E-state index in [1.54, 1.807) is 0 Å². The zero-order chi connectivity index (χ0) is 31.7. The Labute approximate surface area is 278 Å². The zero-order valence-electron chi connectivity index (χ0n) is 27.1. The van der Waals surface area contributed by atoms with E-state index in [2.05, 4.69) is 27.0 Å². The topological polar surface area (TPSA) is 73.8 Å². The van der Waals surface area contributed by atoms with Crippen LogP contribution in [-0.2, 0) is 27.7 Å². The third-order valence-corrected chi connectivity index (χ3v) is 11.7. The number of carbonyl (C=O) groups is 1. The van der Waals surface area contributed by atoms with E-state index < -0.39 is 0 Å². The number of nitrogens with zero attached hydrogens (tertiary/aromatic N) is 3. The van der Waals surface area contributed by atoms with Gasteiger partial charge in [-0.2, -0.15) is 0 Å². The van der Waals surface area contributed by atoms with Crippen molar-refractivity contribution in [1.82, 2.24) is 9.97 Å². The van der Waals surface area contributed by atoms with Gasteiger partial charge in [0.25, 0.3) is 0 Å². The lowest BCUT2D eigenvalue weighted by Crippen LogP contribution is -2.51. The summed E-state index contributed by atoms with van der Waals surface area (Å²) in [6.45, 7) is 2.35. The molecule has 244 valence electrons. The van der Waals surface area contributed by atoms with Gasteiger partial charge in [0.15, 0.2) is 0 Å². The molecule has 2 heterocycles. The molecule has 3 aliphatic carbocycles. The first kappa shape index (κ1) is 31.4. The van der Waals surface area contributed by atoms with Gasteiger partial charge in [-0.3, -0.25) is 0 Å². The molecule has 7 rings (SSSR count). The number of esters is 1. The van der Waals surface area contributed by atoms with E-state index in [0.29, 0.717) is 35.8 Å². The van der Waals surface area contributed by atoms with Crippen LogP contribution >= 0.6 is 11.6 Å². The number of aromatic nitrogens is 2. The average molecular weight is 644 g/mol. The molecule has 6 atom stereocenters. The highest BCUT2D eigenvalue weighted by Gasteiger charge is 2.46. The molecule has 1 aromatic heterocycles. The summed E-state index contributed by atoms with van der Waals surface area (Å²) in [4.78, 5) is 24.2. The highest BCUT2D eigenvalue weighted by atomic mass is 35.5. The highest BCUT2D eigenvalue weighted by molar-refractivity contribution is 6.30. The number of benzene rings is 2. The van der Waals surface area contributed by atoms with Crippen molar-refractivity contribution in [1.29, 1.82) is 0 Å². The Bertz CT molecular complexity index is 1540. The molecular formula is C38H46ClN3O4. The van der Waals surface area contributed by atoms with Gasteiger partial charge in [-0.1, -0.05) is 24.1 Å². The van der Waals surface area contributed by atoms with Crippen LogP contribution in [0.15, 0.2) is 54.9 Å². The lowest BCUT2D eigenvalue weighted by molar-refractivity contribution is -0.0643. The van der Waals surface area contributed by atoms with E-state index in [1.165, 1.54) is 56.8 Å². The second-order valence-electron chi connectivity index (χ2n) is 14.1. The molecule has 0 amide bonds. The summed E-state index contributed by atoms with van der Waals surface area (Å²) in [6, 6.07) is 14.0. The van der Waals surface area contributed by atoms with E-state index in [4.69, 9.17) is 25.8 Å². The summed E-state index contributed by atoms with van der Waals surface area (Å²) in [6.07, 6.45) is 15.3. The maximum absolute atomic E-state index is 12.7. The van der Waals surface area contributed by atoms with Crippen LogP contribution in [0, 0.1) is 23.7 Å². The van der Waals surface area contributed by atoms with Crippen LogP contribution in [0.25, 0.3) is 0 Å². The van der Waals surface area contributed by atoms with Crippen molar-refractivity contribution in [2.45, 2.75) is 75.7 Å². The van der Waals surface area contributed by atoms with Crippen LogP contribution in [0.1, 0.15) is 78.7 Å². The predicted octanol–water partition coefficient (Wildman–Crippen LogP) is 7.48. The number of hydrogen-bond acceptors (Lipinski definition) is 7. The second kappa shape index (κ2) is 13.5.